The molecule has 0 saturated heterocycles. The van der Waals surface area contributed by atoms with Gasteiger partial charge in [0.2, 0.25) is 0 Å². The molecule has 0 fully saturated rings. The quantitative estimate of drug-likeness (QED) is 0.524. The second-order valence-electron chi connectivity index (χ2n) is 2.96. The third-order valence-electron chi connectivity index (χ3n) is 2.00. The van der Waals surface area contributed by atoms with Crippen LogP contribution < -0.4 is 0 Å². The smallest absolute Gasteiger partial charge is 0.337 e. The van der Waals surface area contributed by atoms with E-state index >= 15 is 0 Å². The van der Waals surface area contributed by atoms with Crippen molar-refractivity contribution in [3.05, 3.63) is 23.8 Å². The summed E-state index contributed by atoms with van der Waals surface area (Å²) < 4.78 is 4.74. The van der Waals surface area contributed by atoms with E-state index < -0.39 is 5.97 Å². The lowest BCUT2D eigenvalue weighted by molar-refractivity contribution is -0.139. The summed E-state index contributed by atoms with van der Waals surface area (Å²) in [6, 6.07) is 0. The highest BCUT2D eigenvalue weighted by Gasteiger charge is 2.15. The van der Waals surface area contributed by atoms with Crippen LogP contribution in [0.5, 0.6) is 0 Å². The van der Waals surface area contributed by atoms with Crippen LogP contribution in [0.25, 0.3) is 0 Å². The Morgan fingerprint density at radius 1 is 1.69 bits per heavy atom. The molecular formula is C10H14O3. The Morgan fingerprint density at radius 2 is 2.46 bits per heavy atom. The Bertz CT molecular complexity index is 241. The Kier molecular flexibility index (Phi) is 3.71. The van der Waals surface area contributed by atoms with Gasteiger partial charge in [-0.3, -0.25) is 0 Å². The van der Waals surface area contributed by atoms with E-state index in [9.17, 15) is 4.79 Å². The highest BCUT2D eigenvalue weighted by molar-refractivity contribution is 5.92. The fourth-order valence-corrected chi connectivity index (χ4v) is 1.30. The monoisotopic (exact) mass is 182 g/mol. The Morgan fingerprint density at radius 3 is 3.00 bits per heavy atom. The van der Waals surface area contributed by atoms with Crippen LogP contribution in [0, 0.1) is 0 Å². The number of aliphatic hydroxyl groups is 1. The molecule has 0 atom stereocenters. The van der Waals surface area contributed by atoms with Gasteiger partial charge < -0.3 is 9.84 Å². The molecular weight excluding hydrogens is 168 g/mol. The van der Waals surface area contributed by atoms with Crippen LogP contribution in [0.2, 0.25) is 0 Å². The SMILES string of the molecule is C=C(C(=O)OCCO)C1=CCCC1. The van der Waals surface area contributed by atoms with Crippen LogP contribution in [0.3, 0.4) is 0 Å². The summed E-state index contributed by atoms with van der Waals surface area (Å²) in [4.78, 5) is 11.2. The maximum Gasteiger partial charge on any atom is 0.337 e. The van der Waals surface area contributed by atoms with Crippen LogP contribution in [0.15, 0.2) is 23.8 Å². The molecule has 0 aromatic rings. The van der Waals surface area contributed by atoms with E-state index in [2.05, 4.69) is 6.58 Å². The molecule has 0 heterocycles. The van der Waals surface area contributed by atoms with Gasteiger partial charge >= 0.3 is 5.97 Å². The molecule has 72 valence electrons. The number of carbonyl (C=O) groups is 1. The zero-order valence-electron chi connectivity index (χ0n) is 7.58. The molecule has 0 spiro atoms. The highest BCUT2D eigenvalue weighted by atomic mass is 16.5. The fourth-order valence-electron chi connectivity index (χ4n) is 1.30. The summed E-state index contributed by atoms with van der Waals surface area (Å²) in [6.07, 6.45) is 5.03. The van der Waals surface area contributed by atoms with Gasteiger partial charge in [0.05, 0.1) is 12.2 Å². The third-order valence-corrected chi connectivity index (χ3v) is 2.00. The first-order chi connectivity index (χ1) is 6.25. The second kappa shape index (κ2) is 4.82. The van der Waals surface area contributed by atoms with Crippen molar-refractivity contribution in [1.82, 2.24) is 0 Å². The van der Waals surface area contributed by atoms with Crippen molar-refractivity contribution in [2.75, 3.05) is 13.2 Å². The molecule has 3 heteroatoms. The highest BCUT2D eigenvalue weighted by Crippen LogP contribution is 2.24. The largest absolute Gasteiger partial charge is 0.460 e. The first kappa shape index (κ1) is 9.99. The van der Waals surface area contributed by atoms with E-state index in [-0.39, 0.29) is 13.2 Å². The summed E-state index contributed by atoms with van der Waals surface area (Å²) in [5.74, 6) is -0.415. The molecule has 1 aliphatic rings. The number of aliphatic hydroxyl groups excluding tert-OH is 1. The molecule has 0 aliphatic heterocycles. The standard InChI is InChI=1S/C10H14O3/c1-8(9-4-2-3-5-9)10(12)13-7-6-11/h4,11H,1-3,5-7H2. The third kappa shape index (κ3) is 2.70. The number of ether oxygens (including phenoxy) is 1. The Hall–Kier alpha value is -1.09. The first-order valence-corrected chi connectivity index (χ1v) is 4.42. The lowest BCUT2D eigenvalue weighted by Gasteiger charge is -2.05. The first-order valence-electron chi connectivity index (χ1n) is 4.42. The molecule has 0 unspecified atom stereocenters. The number of carbonyl (C=O) groups excluding carboxylic acids is 1. The minimum absolute atomic E-state index is 0.0468. The molecule has 0 aromatic carbocycles. The number of esters is 1. The lowest BCUT2D eigenvalue weighted by atomic mass is 10.1. The van der Waals surface area contributed by atoms with E-state index in [1.807, 2.05) is 6.08 Å². The molecule has 1 aliphatic carbocycles. The zero-order valence-corrected chi connectivity index (χ0v) is 7.58. The maximum atomic E-state index is 11.2. The molecule has 1 N–H and O–H groups in total. The van der Waals surface area contributed by atoms with Gasteiger partial charge in [-0.1, -0.05) is 12.7 Å². The van der Waals surface area contributed by atoms with Crippen molar-refractivity contribution in [2.45, 2.75) is 19.3 Å². The Labute approximate surface area is 77.7 Å². The molecule has 3 nitrogen and oxygen atoms in total. The molecule has 13 heavy (non-hydrogen) atoms. The number of hydrogen-bond donors (Lipinski definition) is 1. The van der Waals surface area contributed by atoms with E-state index in [0.29, 0.717) is 5.57 Å². The minimum atomic E-state index is -0.415. The van der Waals surface area contributed by atoms with Crippen molar-refractivity contribution in [3.8, 4) is 0 Å². The molecule has 0 bridgehead atoms. The normalized spacial score (nSPS) is 15.3. The van der Waals surface area contributed by atoms with Crippen LogP contribution in [0.4, 0.5) is 0 Å². The second-order valence-corrected chi connectivity index (χ2v) is 2.96. The van der Waals surface area contributed by atoms with Crippen molar-refractivity contribution in [3.63, 3.8) is 0 Å². The van der Waals surface area contributed by atoms with Crippen LogP contribution in [0.1, 0.15) is 19.3 Å². The van der Waals surface area contributed by atoms with Gasteiger partial charge in [0, 0.05) is 0 Å². The van der Waals surface area contributed by atoms with Crippen LogP contribution >= 0.6 is 0 Å². The van der Waals surface area contributed by atoms with Crippen LogP contribution in [-0.4, -0.2) is 24.3 Å². The molecule has 1 rings (SSSR count). The van der Waals surface area contributed by atoms with E-state index in [1.165, 1.54) is 0 Å². The van der Waals surface area contributed by atoms with Crippen molar-refractivity contribution in [1.29, 1.82) is 0 Å². The van der Waals surface area contributed by atoms with E-state index in [1.54, 1.807) is 0 Å². The van der Waals surface area contributed by atoms with Gasteiger partial charge in [-0.05, 0) is 24.8 Å². The molecule has 0 saturated carbocycles. The van der Waals surface area contributed by atoms with Gasteiger partial charge in [-0.2, -0.15) is 0 Å². The number of allylic oxidation sites excluding steroid dienone is 1. The fraction of sp³-hybridized carbons (Fsp3) is 0.500. The van der Waals surface area contributed by atoms with E-state index in [4.69, 9.17) is 9.84 Å². The average molecular weight is 182 g/mol. The average Bonchev–Trinajstić information content (AvgIpc) is 2.65. The molecule has 0 amide bonds. The van der Waals surface area contributed by atoms with Crippen molar-refractivity contribution < 1.29 is 14.6 Å². The minimum Gasteiger partial charge on any atom is -0.460 e. The van der Waals surface area contributed by atoms with Crippen molar-refractivity contribution >= 4 is 5.97 Å². The predicted molar refractivity (Wildman–Crippen MR) is 49.1 cm³/mol. The van der Waals surface area contributed by atoms with E-state index in [0.717, 1.165) is 24.8 Å². The predicted octanol–water partition coefficient (Wildman–Crippen LogP) is 1.19. The molecule has 0 radical (unpaired) electrons. The summed E-state index contributed by atoms with van der Waals surface area (Å²) in [6.45, 7) is 3.57. The maximum absolute atomic E-state index is 11.2. The topological polar surface area (TPSA) is 46.5 Å². The van der Waals surface area contributed by atoms with Gasteiger partial charge in [0.25, 0.3) is 0 Å². The number of rotatable bonds is 4. The van der Waals surface area contributed by atoms with Crippen LogP contribution in [-0.2, 0) is 9.53 Å². The Balaban J connectivity index is 2.42. The van der Waals surface area contributed by atoms with Crippen molar-refractivity contribution in [2.24, 2.45) is 0 Å². The number of hydrogen-bond acceptors (Lipinski definition) is 3. The summed E-state index contributed by atoms with van der Waals surface area (Å²) in [5.41, 5.74) is 1.42. The van der Waals surface area contributed by atoms with Gasteiger partial charge in [-0.15, -0.1) is 0 Å². The van der Waals surface area contributed by atoms with Gasteiger partial charge in [0.15, 0.2) is 0 Å². The van der Waals surface area contributed by atoms with Gasteiger partial charge in [0.1, 0.15) is 6.61 Å². The lowest BCUT2D eigenvalue weighted by Crippen LogP contribution is -2.11. The summed E-state index contributed by atoms with van der Waals surface area (Å²) >= 11 is 0. The summed E-state index contributed by atoms with van der Waals surface area (Å²) in [5, 5.41) is 8.44. The zero-order chi connectivity index (χ0) is 9.68. The molecule has 0 aromatic heterocycles. The summed E-state index contributed by atoms with van der Waals surface area (Å²) in [7, 11) is 0. The van der Waals surface area contributed by atoms with Gasteiger partial charge in [-0.25, -0.2) is 4.79 Å².